The molecular weight excluding hydrogens is 258 g/mol. The predicted octanol–water partition coefficient (Wildman–Crippen LogP) is 1.48. The van der Waals surface area contributed by atoms with Gasteiger partial charge in [-0.3, -0.25) is 9.69 Å². The molecule has 1 saturated heterocycles. The van der Waals surface area contributed by atoms with Gasteiger partial charge >= 0.3 is 5.97 Å². The van der Waals surface area contributed by atoms with Crippen LogP contribution in [0.5, 0.6) is 11.5 Å². The second-order valence-electron chi connectivity index (χ2n) is 5.60. The molecule has 1 N–H and O–H groups in total. The third kappa shape index (κ3) is 2.58. The number of carbonyl (C=O) groups is 1. The zero-order chi connectivity index (χ0) is 14.1. The number of hydrogen-bond donors (Lipinski definition) is 1. The summed E-state index contributed by atoms with van der Waals surface area (Å²) < 4.78 is 11.6. The molecule has 0 radical (unpaired) electrons. The number of nitrogens with zero attached hydrogens (tertiary/aromatic N) is 1. The molecule has 20 heavy (non-hydrogen) atoms. The third-order valence-corrected chi connectivity index (χ3v) is 4.11. The third-order valence-electron chi connectivity index (χ3n) is 4.11. The van der Waals surface area contributed by atoms with Gasteiger partial charge in [0.2, 0.25) is 0 Å². The Kier molecular flexibility index (Phi) is 3.53. The van der Waals surface area contributed by atoms with Gasteiger partial charge < -0.3 is 14.6 Å². The van der Waals surface area contributed by atoms with E-state index in [4.69, 9.17) is 14.6 Å². The molecular formula is C15H19NO4. The van der Waals surface area contributed by atoms with Gasteiger partial charge in [0.25, 0.3) is 0 Å². The van der Waals surface area contributed by atoms with Crippen molar-refractivity contribution in [1.29, 1.82) is 0 Å². The fourth-order valence-corrected chi connectivity index (χ4v) is 2.72. The zero-order valence-electron chi connectivity index (χ0n) is 11.5. The van der Waals surface area contributed by atoms with Gasteiger partial charge in [-0.1, -0.05) is 19.1 Å². The van der Waals surface area contributed by atoms with Crippen LogP contribution in [0.3, 0.4) is 0 Å². The summed E-state index contributed by atoms with van der Waals surface area (Å²) in [5.74, 6) is 0.866. The molecule has 0 saturated carbocycles. The molecule has 0 amide bonds. The van der Waals surface area contributed by atoms with Crippen molar-refractivity contribution < 1.29 is 19.4 Å². The molecule has 0 bridgehead atoms. The van der Waals surface area contributed by atoms with E-state index < -0.39 is 5.97 Å². The van der Waals surface area contributed by atoms with Gasteiger partial charge in [0, 0.05) is 19.6 Å². The van der Waals surface area contributed by atoms with Crippen molar-refractivity contribution in [2.24, 2.45) is 11.8 Å². The fourth-order valence-electron chi connectivity index (χ4n) is 2.72. The Labute approximate surface area is 118 Å². The molecule has 1 fully saturated rings. The van der Waals surface area contributed by atoms with Crippen molar-refractivity contribution in [1.82, 2.24) is 4.90 Å². The van der Waals surface area contributed by atoms with E-state index in [-0.39, 0.29) is 17.9 Å². The number of carboxylic acid groups (broad SMARTS) is 1. The highest BCUT2D eigenvalue weighted by molar-refractivity contribution is 5.70. The molecule has 0 aromatic heterocycles. The fraction of sp³-hybridized carbons (Fsp3) is 0.533. The van der Waals surface area contributed by atoms with Gasteiger partial charge in [-0.15, -0.1) is 0 Å². The number of rotatable bonds is 4. The number of carboxylic acids is 1. The van der Waals surface area contributed by atoms with Gasteiger partial charge in [0.15, 0.2) is 11.5 Å². The van der Waals surface area contributed by atoms with Crippen molar-refractivity contribution in [3.63, 3.8) is 0 Å². The minimum Gasteiger partial charge on any atom is -0.486 e. The maximum absolute atomic E-state index is 10.9. The smallest absolute Gasteiger partial charge is 0.306 e. The number of likely N-dealkylation sites (tertiary alicyclic amines) is 1. The van der Waals surface area contributed by atoms with Gasteiger partial charge in [-0.05, 0) is 18.1 Å². The summed E-state index contributed by atoms with van der Waals surface area (Å²) >= 11 is 0. The monoisotopic (exact) mass is 277 g/mol. The molecule has 0 spiro atoms. The number of ether oxygens (including phenoxy) is 2. The second kappa shape index (κ2) is 5.32. The molecule has 3 rings (SSSR count). The molecule has 0 aliphatic carbocycles. The van der Waals surface area contributed by atoms with Crippen LogP contribution in [0.4, 0.5) is 0 Å². The highest BCUT2D eigenvalue weighted by atomic mass is 16.6. The lowest BCUT2D eigenvalue weighted by Gasteiger charge is -2.43. The summed E-state index contributed by atoms with van der Waals surface area (Å²) in [5.41, 5.74) is 0. The van der Waals surface area contributed by atoms with E-state index in [1.807, 2.05) is 24.3 Å². The van der Waals surface area contributed by atoms with Crippen LogP contribution in [0.2, 0.25) is 0 Å². The normalized spacial score (nSPS) is 23.9. The standard InChI is InChI=1S/C15H19NO4/c1-10(15(17)18)11-6-16(7-11)8-12-9-19-13-4-2-3-5-14(13)20-12/h2-5,10-12H,6-9H2,1H3,(H,17,18). The quantitative estimate of drug-likeness (QED) is 0.903. The Morgan fingerprint density at radius 2 is 2.10 bits per heavy atom. The first kappa shape index (κ1) is 13.2. The average molecular weight is 277 g/mol. The Balaban J connectivity index is 1.49. The first-order valence-corrected chi connectivity index (χ1v) is 6.97. The molecule has 2 atom stereocenters. The summed E-state index contributed by atoms with van der Waals surface area (Å²) in [5, 5.41) is 8.97. The van der Waals surface area contributed by atoms with Crippen LogP contribution in [0.25, 0.3) is 0 Å². The average Bonchev–Trinajstić information content (AvgIpc) is 2.41. The van der Waals surface area contributed by atoms with Gasteiger partial charge in [-0.25, -0.2) is 0 Å². The van der Waals surface area contributed by atoms with E-state index in [2.05, 4.69) is 4.90 Å². The van der Waals surface area contributed by atoms with E-state index in [1.165, 1.54) is 0 Å². The SMILES string of the molecule is CC(C(=O)O)C1CN(CC2COc3ccccc3O2)C1. The molecule has 1 aromatic rings. The van der Waals surface area contributed by atoms with Gasteiger partial charge in [0.05, 0.1) is 5.92 Å². The highest BCUT2D eigenvalue weighted by Gasteiger charge is 2.36. The Morgan fingerprint density at radius 3 is 2.80 bits per heavy atom. The summed E-state index contributed by atoms with van der Waals surface area (Å²) in [6.07, 6.45) is 0.0194. The van der Waals surface area contributed by atoms with E-state index in [1.54, 1.807) is 6.92 Å². The van der Waals surface area contributed by atoms with Crippen LogP contribution in [-0.2, 0) is 4.79 Å². The summed E-state index contributed by atoms with van der Waals surface area (Å²) in [4.78, 5) is 13.1. The maximum Gasteiger partial charge on any atom is 0.306 e. The van der Waals surface area contributed by atoms with Crippen molar-refractivity contribution >= 4 is 5.97 Å². The van der Waals surface area contributed by atoms with Crippen LogP contribution < -0.4 is 9.47 Å². The first-order chi connectivity index (χ1) is 9.63. The van der Waals surface area contributed by atoms with E-state index in [9.17, 15) is 4.79 Å². The van der Waals surface area contributed by atoms with Crippen LogP contribution >= 0.6 is 0 Å². The lowest BCUT2D eigenvalue weighted by atomic mass is 9.87. The lowest BCUT2D eigenvalue weighted by molar-refractivity contribution is -0.145. The number of hydrogen-bond acceptors (Lipinski definition) is 4. The van der Waals surface area contributed by atoms with Crippen LogP contribution in [0.15, 0.2) is 24.3 Å². The van der Waals surface area contributed by atoms with Crippen LogP contribution in [0, 0.1) is 11.8 Å². The molecule has 1 aromatic carbocycles. The topological polar surface area (TPSA) is 59.0 Å². The Hall–Kier alpha value is -1.75. The minimum atomic E-state index is -0.708. The second-order valence-corrected chi connectivity index (χ2v) is 5.60. The van der Waals surface area contributed by atoms with E-state index in [0.717, 1.165) is 31.1 Å². The van der Waals surface area contributed by atoms with Gasteiger partial charge in [0.1, 0.15) is 12.7 Å². The minimum absolute atomic E-state index is 0.0194. The molecule has 5 heteroatoms. The van der Waals surface area contributed by atoms with E-state index in [0.29, 0.717) is 6.61 Å². The lowest BCUT2D eigenvalue weighted by Crippen LogP contribution is -2.54. The molecule has 2 heterocycles. The highest BCUT2D eigenvalue weighted by Crippen LogP contribution is 2.32. The molecule has 2 aliphatic rings. The Morgan fingerprint density at radius 1 is 1.40 bits per heavy atom. The number of fused-ring (bicyclic) bond motifs is 1. The molecule has 108 valence electrons. The summed E-state index contributed by atoms with van der Waals surface area (Å²) in [7, 11) is 0. The van der Waals surface area contributed by atoms with Crippen molar-refractivity contribution in [2.75, 3.05) is 26.2 Å². The molecule has 2 unspecified atom stereocenters. The summed E-state index contributed by atoms with van der Waals surface area (Å²) in [6.45, 7) is 4.77. The first-order valence-electron chi connectivity index (χ1n) is 6.97. The van der Waals surface area contributed by atoms with Gasteiger partial charge in [-0.2, -0.15) is 0 Å². The Bertz CT molecular complexity index is 498. The van der Waals surface area contributed by atoms with E-state index >= 15 is 0 Å². The maximum atomic E-state index is 10.9. The summed E-state index contributed by atoms with van der Waals surface area (Å²) in [6, 6.07) is 7.67. The largest absolute Gasteiger partial charge is 0.486 e. The van der Waals surface area contributed by atoms with Crippen molar-refractivity contribution in [3.8, 4) is 11.5 Å². The number of benzene rings is 1. The van der Waals surface area contributed by atoms with Crippen molar-refractivity contribution in [2.45, 2.75) is 13.0 Å². The number of aliphatic carboxylic acids is 1. The number of para-hydroxylation sites is 2. The van der Waals surface area contributed by atoms with Crippen molar-refractivity contribution in [3.05, 3.63) is 24.3 Å². The molecule has 5 nitrogen and oxygen atoms in total. The van der Waals surface area contributed by atoms with Crippen LogP contribution in [0.1, 0.15) is 6.92 Å². The zero-order valence-corrected chi connectivity index (χ0v) is 11.5. The predicted molar refractivity (Wildman–Crippen MR) is 73.1 cm³/mol. The molecule has 2 aliphatic heterocycles. The van der Waals surface area contributed by atoms with Crippen LogP contribution in [-0.4, -0.2) is 48.3 Å².